The van der Waals surface area contributed by atoms with Gasteiger partial charge in [-0.25, -0.2) is 14.8 Å². The van der Waals surface area contributed by atoms with E-state index in [0.717, 1.165) is 32.0 Å². The van der Waals surface area contributed by atoms with Gasteiger partial charge in [0.05, 0.1) is 6.61 Å². The molecule has 1 aromatic rings. The molecule has 2 fully saturated rings. The summed E-state index contributed by atoms with van der Waals surface area (Å²) in [6.45, 7) is 7.77. The quantitative estimate of drug-likeness (QED) is 0.757. The van der Waals surface area contributed by atoms with Crippen molar-refractivity contribution in [1.29, 1.82) is 0 Å². The second-order valence-corrected chi connectivity index (χ2v) is 6.53. The Bertz CT molecular complexity index is 639. The van der Waals surface area contributed by atoms with Crippen LogP contribution in [0.25, 0.3) is 0 Å². The van der Waals surface area contributed by atoms with Crippen molar-refractivity contribution in [3.8, 4) is 0 Å². The van der Waals surface area contributed by atoms with Crippen molar-refractivity contribution in [3.63, 3.8) is 0 Å². The van der Waals surface area contributed by atoms with Gasteiger partial charge < -0.3 is 24.3 Å². The number of anilines is 1. The summed E-state index contributed by atoms with van der Waals surface area (Å²) >= 11 is 0. The van der Waals surface area contributed by atoms with Crippen LogP contribution in [0.3, 0.4) is 0 Å². The maximum absolute atomic E-state index is 12.8. The molecule has 0 N–H and O–H groups in total. The second kappa shape index (κ2) is 8.31. The van der Waals surface area contributed by atoms with Crippen LogP contribution in [0.15, 0.2) is 12.4 Å². The first-order chi connectivity index (χ1) is 12.6. The number of carbonyl (C=O) groups excluding carboxylic acids is 2. The molecule has 0 bridgehead atoms. The van der Waals surface area contributed by atoms with Crippen molar-refractivity contribution in [2.45, 2.75) is 6.92 Å². The first-order valence-corrected chi connectivity index (χ1v) is 9.05. The maximum atomic E-state index is 12.8. The predicted molar refractivity (Wildman–Crippen MR) is 96.2 cm³/mol. The van der Waals surface area contributed by atoms with Crippen LogP contribution in [0.5, 0.6) is 0 Å². The van der Waals surface area contributed by atoms with Gasteiger partial charge in [-0.05, 0) is 14.0 Å². The summed E-state index contributed by atoms with van der Waals surface area (Å²) in [6.07, 6.45) is 1.13. The van der Waals surface area contributed by atoms with Crippen LogP contribution in [0.2, 0.25) is 0 Å². The molecule has 1 aromatic heterocycles. The molecule has 3 heterocycles. The van der Waals surface area contributed by atoms with Crippen LogP contribution >= 0.6 is 0 Å². The molecule has 9 nitrogen and oxygen atoms in total. The Morgan fingerprint density at radius 1 is 1.00 bits per heavy atom. The maximum Gasteiger partial charge on any atom is 0.409 e. The minimum atomic E-state index is -0.320. The number of carbonyl (C=O) groups is 2. The highest BCUT2D eigenvalue weighted by atomic mass is 16.6. The van der Waals surface area contributed by atoms with E-state index in [4.69, 9.17) is 4.74 Å². The monoisotopic (exact) mass is 362 g/mol. The molecule has 2 saturated heterocycles. The van der Waals surface area contributed by atoms with E-state index in [1.165, 1.54) is 6.33 Å². The smallest absolute Gasteiger partial charge is 0.409 e. The minimum Gasteiger partial charge on any atom is -0.450 e. The van der Waals surface area contributed by atoms with Gasteiger partial charge >= 0.3 is 6.09 Å². The van der Waals surface area contributed by atoms with E-state index in [-0.39, 0.29) is 12.0 Å². The van der Waals surface area contributed by atoms with Crippen molar-refractivity contribution in [3.05, 3.63) is 18.1 Å². The number of hydrogen-bond donors (Lipinski definition) is 0. The van der Waals surface area contributed by atoms with Crippen LogP contribution in [-0.2, 0) is 4.74 Å². The van der Waals surface area contributed by atoms with Crippen molar-refractivity contribution < 1.29 is 14.3 Å². The van der Waals surface area contributed by atoms with Crippen molar-refractivity contribution in [2.75, 3.05) is 70.9 Å². The predicted octanol–water partition coefficient (Wildman–Crippen LogP) is 0.143. The van der Waals surface area contributed by atoms with E-state index < -0.39 is 0 Å². The Balaban J connectivity index is 1.60. The molecule has 2 aliphatic rings. The standard InChI is InChI=1S/C17H26N6O3/c1-3-26-17(25)23-10-8-22(9-11-23)16(24)14-12-15(19-13-18-14)21-6-4-20(2)5-7-21/h12-13H,3-11H2,1-2H3. The second-order valence-electron chi connectivity index (χ2n) is 6.53. The molecule has 0 aliphatic carbocycles. The minimum absolute atomic E-state index is 0.119. The summed E-state index contributed by atoms with van der Waals surface area (Å²) < 4.78 is 5.01. The largest absolute Gasteiger partial charge is 0.450 e. The van der Waals surface area contributed by atoms with Gasteiger partial charge in [-0.1, -0.05) is 0 Å². The number of likely N-dealkylation sites (N-methyl/N-ethyl adjacent to an activating group) is 1. The molecular formula is C17H26N6O3. The summed E-state index contributed by atoms with van der Waals surface area (Å²) in [7, 11) is 2.10. The van der Waals surface area contributed by atoms with Crippen LogP contribution < -0.4 is 4.90 Å². The zero-order chi connectivity index (χ0) is 18.5. The van der Waals surface area contributed by atoms with Gasteiger partial charge in [0, 0.05) is 58.4 Å². The molecule has 142 valence electrons. The topological polar surface area (TPSA) is 82.1 Å². The normalized spacial score (nSPS) is 18.8. The molecule has 26 heavy (non-hydrogen) atoms. The summed E-state index contributed by atoms with van der Waals surface area (Å²) in [5.74, 6) is 0.674. The SMILES string of the molecule is CCOC(=O)N1CCN(C(=O)c2cc(N3CCN(C)CC3)ncn2)CC1. The van der Waals surface area contributed by atoms with Gasteiger partial charge in [0.25, 0.3) is 5.91 Å². The number of amides is 2. The van der Waals surface area contributed by atoms with Crippen LogP contribution in [0.1, 0.15) is 17.4 Å². The summed E-state index contributed by atoms with van der Waals surface area (Å²) in [5, 5.41) is 0. The Hall–Kier alpha value is -2.42. The van der Waals surface area contributed by atoms with Gasteiger partial charge in [0.15, 0.2) is 0 Å². The summed E-state index contributed by atoms with van der Waals surface area (Å²) in [4.78, 5) is 40.8. The Kier molecular flexibility index (Phi) is 5.87. The van der Waals surface area contributed by atoms with Gasteiger partial charge in [-0.3, -0.25) is 4.79 Å². The molecule has 0 unspecified atom stereocenters. The third-order valence-corrected chi connectivity index (χ3v) is 4.79. The number of piperazine rings is 2. The molecule has 2 amide bonds. The molecule has 0 spiro atoms. The van der Waals surface area contributed by atoms with E-state index in [0.29, 0.717) is 38.5 Å². The molecule has 2 aliphatic heterocycles. The van der Waals surface area contributed by atoms with E-state index in [9.17, 15) is 9.59 Å². The Labute approximate surface area is 153 Å². The number of ether oxygens (including phenoxy) is 1. The highest BCUT2D eigenvalue weighted by Gasteiger charge is 2.26. The third kappa shape index (κ3) is 4.21. The zero-order valence-electron chi connectivity index (χ0n) is 15.4. The number of nitrogens with zero attached hydrogens (tertiary/aromatic N) is 6. The average molecular weight is 362 g/mol. The number of aromatic nitrogens is 2. The average Bonchev–Trinajstić information content (AvgIpc) is 2.68. The molecule has 0 atom stereocenters. The number of rotatable bonds is 3. The van der Waals surface area contributed by atoms with E-state index in [1.54, 1.807) is 22.8 Å². The fraction of sp³-hybridized carbons (Fsp3) is 0.647. The van der Waals surface area contributed by atoms with E-state index in [1.807, 2.05) is 0 Å². The van der Waals surface area contributed by atoms with Crippen LogP contribution in [-0.4, -0.2) is 103 Å². The fourth-order valence-electron chi connectivity index (χ4n) is 3.14. The first-order valence-electron chi connectivity index (χ1n) is 9.05. The number of hydrogen-bond acceptors (Lipinski definition) is 7. The lowest BCUT2D eigenvalue weighted by molar-refractivity contribution is 0.0566. The molecular weight excluding hydrogens is 336 g/mol. The van der Waals surface area contributed by atoms with E-state index >= 15 is 0 Å². The van der Waals surface area contributed by atoms with Gasteiger partial charge in [0.2, 0.25) is 0 Å². The first kappa shape index (κ1) is 18.4. The Morgan fingerprint density at radius 3 is 2.31 bits per heavy atom. The van der Waals surface area contributed by atoms with Crippen LogP contribution in [0, 0.1) is 0 Å². The lowest BCUT2D eigenvalue weighted by Gasteiger charge is -2.34. The molecule has 0 radical (unpaired) electrons. The van der Waals surface area contributed by atoms with Gasteiger partial charge in [-0.15, -0.1) is 0 Å². The molecule has 9 heteroatoms. The van der Waals surface area contributed by atoms with Crippen molar-refractivity contribution in [2.24, 2.45) is 0 Å². The van der Waals surface area contributed by atoms with Gasteiger partial charge in [-0.2, -0.15) is 0 Å². The fourth-order valence-corrected chi connectivity index (χ4v) is 3.14. The van der Waals surface area contributed by atoms with Crippen molar-refractivity contribution >= 4 is 17.8 Å². The van der Waals surface area contributed by atoms with Crippen molar-refractivity contribution in [1.82, 2.24) is 24.7 Å². The molecule has 3 rings (SSSR count). The molecule has 0 saturated carbocycles. The lowest BCUT2D eigenvalue weighted by atomic mass is 10.2. The zero-order valence-corrected chi connectivity index (χ0v) is 15.4. The highest BCUT2D eigenvalue weighted by Crippen LogP contribution is 2.15. The lowest BCUT2D eigenvalue weighted by Crippen LogP contribution is -2.51. The third-order valence-electron chi connectivity index (χ3n) is 4.79. The molecule has 0 aromatic carbocycles. The van der Waals surface area contributed by atoms with Crippen LogP contribution in [0.4, 0.5) is 10.6 Å². The van der Waals surface area contributed by atoms with E-state index in [2.05, 4.69) is 26.8 Å². The summed E-state index contributed by atoms with van der Waals surface area (Å²) in [5.41, 5.74) is 0.401. The summed E-state index contributed by atoms with van der Waals surface area (Å²) in [6, 6.07) is 1.77. The highest BCUT2D eigenvalue weighted by molar-refractivity contribution is 5.93. The van der Waals surface area contributed by atoms with Gasteiger partial charge in [0.1, 0.15) is 17.8 Å². The Morgan fingerprint density at radius 2 is 1.65 bits per heavy atom.